The molecule has 2 fully saturated rings. The van der Waals surface area contributed by atoms with E-state index in [9.17, 15) is 9.59 Å². The van der Waals surface area contributed by atoms with E-state index in [4.69, 9.17) is 9.47 Å². The molecule has 2 aromatic rings. The maximum atomic E-state index is 13.3. The Balaban J connectivity index is 1.40. The topological polar surface area (TPSA) is 55.8 Å². The minimum Gasteiger partial charge on any atom is -0.460 e. The van der Waals surface area contributed by atoms with E-state index in [-0.39, 0.29) is 18.5 Å². The summed E-state index contributed by atoms with van der Waals surface area (Å²) in [5, 5.41) is 0. The van der Waals surface area contributed by atoms with E-state index >= 15 is 0 Å². The fraction of sp³-hybridized carbons (Fsp3) is 0.273. The summed E-state index contributed by atoms with van der Waals surface area (Å²) >= 11 is 3.51. The number of rotatable bonds is 4. The number of nitrogens with zero attached hydrogens (tertiary/aromatic N) is 1. The van der Waals surface area contributed by atoms with Crippen molar-refractivity contribution in [3.05, 3.63) is 76.8 Å². The predicted molar refractivity (Wildman–Crippen MR) is 106 cm³/mol. The van der Waals surface area contributed by atoms with Gasteiger partial charge in [-0.05, 0) is 33.6 Å². The van der Waals surface area contributed by atoms with E-state index in [0.717, 1.165) is 15.7 Å². The van der Waals surface area contributed by atoms with E-state index in [2.05, 4.69) is 15.9 Å². The van der Waals surface area contributed by atoms with Gasteiger partial charge in [-0.1, -0.05) is 54.6 Å². The maximum absolute atomic E-state index is 13.3. The summed E-state index contributed by atoms with van der Waals surface area (Å²) in [6, 6.07) is 17.1. The number of benzene rings is 2. The monoisotopic (exact) mass is 439 g/mol. The third-order valence-electron chi connectivity index (χ3n) is 5.74. The molecule has 1 spiro atoms. The van der Waals surface area contributed by atoms with Gasteiger partial charge in [-0.3, -0.25) is 9.59 Å². The first kappa shape index (κ1) is 17.6. The van der Waals surface area contributed by atoms with Gasteiger partial charge < -0.3 is 14.4 Å². The van der Waals surface area contributed by atoms with Crippen LogP contribution in [0.4, 0.5) is 5.69 Å². The zero-order chi connectivity index (χ0) is 19.3. The molecule has 0 radical (unpaired) electrons. The molecule has 142 valence electrons. The lowest BCUT2D eigenvalue weighted by atomic mass is 9.77. The fourth-order valence-electron chi connectivity index (χ4n) is 4.47. The molecular weight excluding hydrogens is 422 g/mol. The second-order valence-corrected chi connectivity index (χ2v) is 8.22. The van der Waals surface area contributed by atoms with Crippen LogP contribution in [0, 0.1) is 11.8 Å². The highest BCUT2D eigenvalue weighted by atomic mass is 79.9. The molecule has 0 saturated carbocycles. The summed E-state index contributed by atoms with van der Waals surface area (Å²) in [7, 11) is 0. The van der Waals surface area contributed by atoms with Crippen LogP contribution in [-0.2, 0) is 25.7 Å². The Morgan fingerprint density at radius 3 is 2.71 bits per heavy atom. The fourth-order valence-corrected chi connectivity index (χ4v) is 4.97. The number of halogens is 1. The number of hydrogen-bond acceptors (Lipinski definition) is 4. The molecule has 6 heteroatoms. The smallest absolute Gasteiger partial charge is 0.313 e. The molecule has 4 atom stereocenters. The van der Waals surface area contributed by atoms with E-state index in [0.29, 0.717) is 6.54 Å². The van der Waals surface area contributed by atoms with Crippen LogP contribution in [0.1, 0.15) is 5.56 Å². The van der Waals surface area contributed by atoms with Gasteiger partial charge in [0, 0.05) is 4.47 Å². The number of carbonyl (C=O) groups is 2. The number of fused-ring (bicyclic) bond motifs is 1. The quantitative estimate of drug-likeness (QED) is 0.540. The SMILES string of the molecule is O=C(OCc1ccccc1)C1[C@H]2C=CC3(CN(c4ccccc4Br)C(=O)[C@@H]13)O2. The van der Waals surface area contributed by atoms with Gasteiger partial charge in [-0.25, -0.2) is 0 Å². The van der Waals surface area contributed by atoms with Crippen LogP contribution < -0.4 is 4.90 Å². The second kappa shape index (κ2) is 6.57. The molecule has 3 aliphatic rings. The molecule has 3 aliphatic heterocycles. The second-order valence-electron chi connectivity index (χ2n) is 7.37. The minimum atomic E-state index is -0.756. The summed E-state index contributed by atoms with van der Waals surface area (Å²) in [5.74, 6) is -1.65. The number of ether oxygens (including phenoxy) is 2. The van der Waals surface area contributed by atoms with Gasteiger partial charge in [0.2, 0.25) is 5.91 Å². The third-order valence-corrected chi connectivity index (χ3v) is 6.41. The first-order valence-corrected chi connectivity index (χ1v) is 10.0. The summed E-state index contributed by atoms with van der Waals surface area (Å²) < 4.78 is 12.5. The molecule has 5 rings (SSSR count). The lowest BCUT2D eigenvalue weighted by Gasteiger charge is -2.22. The highest BCUT2D eigenvalue weighted by Crippen LogP contribution is 2.53. The van der Waals surface area contributed by atoms with E-state index in [1.807, 2.05) is 66.7 Å². The summed E-state index contributed by atoms with van der Waals surface area (Å²) in [4.78, 5) is 27.9. The van der Waals surface area contributed by atoms with E-state index < -0.39 is 23.5 Å². The summed E-state index contributed by atoms with van der Waals surface area (Å²) in [5.41, 5.74) is 0.943. The molecule has 0 aromatic heterocycles. The van der Waals surface area contributed by atoms with Crippen molar-refractivity contribution in [3.63, 3.8) is 0 Å². The lowest BCUT2D eigenvalue weighted by Crippen LogP contribution is -2.40. The first-order valence-electron chi connectivity index (χ1n) is 9.23. The average Bonchev–Trinajstić information content (AvgIpc) is 3.36. The Hall–Kier alpha value is -2.44. The largest absolute Gasteiger partial charge is 0.460 e. The van der Waals surface area contributed by atoms with Crippen LogP contribution >= 0.6 is 15.9 Å². The molecule has 2 bridgehead atoms. The van der Waals surface area contributed by atoms with Gasteiger partial charge in [-0.2, -0.15) is 0 Å². The first-order chi connectivity index (χ1) is 13.6. The maximum Gasteiger partial charge on any atom is 0.313 e. The van der Waals surface area contributed by atoms with E-state index in [1.165, 1.54) is 0 Å². The number of para-hydroxylation sites is 1. The van der Waals surface area contributed by atoms with Crippen LogP contribution in [0.5, 0.6) is 0 Å². The molecule has 3 heterocycles. The average molecular weight is 440 g/mol. The molecule has 0 N–H and O–H groups in total. The Bertz CT molecular complexity index is 976. The zero-order valence-electron chi connectivity index (χ0n) is 15.0. The van der Waals surface area contributed by atoms with Gasteiger partial charge >= 0.3 is 5.97 Å². The van der Waals surface area contributed by atoms with Crippen molar-refractivity contribution in [2.24, 2.45) is 11.8 Å². The van der Waals surface area contributed by atoms with Gasteiger partial charge in [0.1, 0.15) is 18.1 Å². The van der Waals surface area contributed by atoms with Gasteiger partial charge in [0.15, 0.2) is 0 Å². The molecular formula is C22H18BrNO4. The molecule has 2 unspecified atom stereocenters. The molecule has 0 aliphatic carbocycles. The van der Waals surface area contributed by atoms with Crippen LogP contribution in [0.3, 0.4) is 0 Å². The van der Waals surface area contributed by atoms with Crippen molar-refractivity contribution < 1.29 is 19.1 Å². The Morgan fingerprint density at radius 2 is 1.93 bits per heavy atom. The molecule has 28 heavy (non-hydrogen) atoms. The zero-order valence-corrected chi connectivity index (χ0v) is 16.5. The normalized spacial score (nSPS) is 30.0. The Labute approximate surface area is 171 Å². The highest BCUT2D eigenvalue weighted by Gasteiger charge is 2.67. The standard InChI is InChI=1S/C22H18BrNO4/c23-15-8-4-5-9-16(15)24-13-22-11-10-17(28-22)18(19(22)20(24)25)21(26)27-12-14-6-2-1-3-7-14/h1-11,17-19H,12-13H2/t17-,18?,19-,22?/m1/s1. The molecule has 2 saturated heterocycles. The van der Waals surface area contributed by atoms with Crippen LogP contribution in [0.15, 0.2) is 71.2 Å². The number of esters is 1. The van der Waals surface area contributed by atoms with Crippen molar-refractivity contribution in [2.45, 2.75) is 18.3 Å². The van der Waals surface area contributed by atoms with Crippen molar-refractivity contribution >= 4 is 33.5 Å². The Morgan fingerprint density at radius 1 is 1.18 bits per heavy atom. The van der Waals surface area contributed by atoms with Gasteiger partial charge in [0.05, 0.1) is 24.3 Å². The number of amides is 1. The molecule has 2 aromatic carbocycles. The predicted octanol–water partition coefficient (Wildman–Crippen LogP) is 3.48. The van der Waals surface area contributed by atoms with E-state index in [1.54, 1.807) is 4.90 Å². The van der Waals surface area contributed by atoms with Gasteiger partial charge in [0.25, 0.3) is 0 Å². The van der Waals surface area contributed by atoms with Crippen LogP contribution in [-0.4, -0.2) is 30.1 Å². The highest BCUT2D eigenvalue weighted by molar-refractivity contribution is 9.10. The van der Waals surface area contributed by atoms with Crippen LogP contribution in [0.25, 0.3) is 0 Å². The van der Waals surface area contributed by atoms with Crippen molar-refractivity contribution in [1.29, 1.82) is 0 Å². The lowest BCUT2D eigenvalue weighted by molar-refractivity contribution is -0.153. The van der Waals surface area contributed by atoms with Crippen molar-refractivity contribution in [3.8, 4) is 0 Å². The van der Waals surface area contributed by atoms with Crippen molar-refractivity contribution in [2.75, 3.05) is 11.4 Å². The molecule has 5 nitrogen and oxygen atoms in total. The number of carbonyl (C=O) groups excluding carboxylic acids is 2. The molecule has 1 amide bonds. The minimum absolute atomic E-state index is 0.0968. The number of anilines is 1. The summed E-state index contributed by atoms with van der Waals surface area (Å²) in [6.45, 7) is 0.586. The Kier molecular flexibility index (Phi) is 4.14. The van der Waals surface area contributed by atoms with Crippen molar-refractivity contribution in [1.82, 2.24) is 0 Å². The summed E-state index contributed by atoms with van der Waals surface area (Å²) in [6.07, 6.45) is 3.43. The number of hydrogen-bond donors (Lipinski definition) is 0. The van der Waals surface area contributed by atoms with Gasteiger partial charge in [-0.15, -0.1) is 0 Å². The van der Waals surface area contributed by atoms with Crippen LogP contribution in [0.2, 0.25) is 0 Å². The third kappa shape index (κ3) is 2.63.